The van der Waals surface area contributed by atoms with Crippen molar-refractivity contribution in [2.75, 3.05) is 13.1 Å². The summed E-state index contributed by atoms with van der Waals surface area (Å²) in [5, 5.41) is 23.4. The molecule has 18 heteroatoms. The molecule has 2 aromatic carbocycles. The number of amides is 1. The van der Waals surface area contributed by atoms with Gasteiger partial charge in [-0.15, -0.1) is 23.4 Å². The molecule has 0 saturated carbocycles. The normalized spacial score (nSPS) is 17.8. The Morgan fingerprint density at radius 1 is 1.02 bits per heavy atom. The number of nitrogens with one attached hydrogen (secondary N) is 1. The number of hydrogen-bond donors (Lipinski definition) is 1. The molecule has 42 heavy (non-hydrogen) atoms. The minimum Gasteiger partial charge on any atom is -0.405 e. The number of nitrogens with zero attached hydrogens (tertiary/aromatic N) is 9. The second kappa shape index (κ2) is 11.7. The lowest BCUT2D eigenvalue weighted by atomic mass is 9.85. The Balaban J connectivity index is 1.39. The van der Waals surface area contributed by atoms with Crippen molar-refractivity contribution in [2.24, 2.45) is 0 Å². The van der Waals surface area contributed by atoms with E-state index in [1.165, 1.54) is 11.0 Å². The van der Waals surface area contributed by atoms with Crippen molar-refractivity contribution in [3.05, 3.63) is 71.8 Å². The second-order valence-electron chi connectivity index (χ2n) is 9.39. The molecule has 2 aromatic heterocycles. The minimum absolute atomic E-state index is 0.0609. The average Bonchev–Trinajstić information content (AvgIpc) is 3.65. The molecule has 0 bridgehead atoms. The molecule has 0 radical (unpaired) electrons. The van der Waals surface area contributed by atoms with Gasteiger partial charge in [0.15, 0.2) is 0 Å². The molecule has 1 aliphatic rings. The Bertz CT molecular complexity index is 1490. The highest BCUT2D eigenvalue weighted by atomic mass is 19.4. The molecule has 1 amide bonds. The zero-order valence-electron chi connectivity index (χ0n) is 21.5. The third kappa shape index (κ3) is 6.81. The van der Waals surface area contributed by atoms with Crippen LogP contribution in [0.2, 0.25) is 0 Å². The molecule has 1 saturated heterocycles. The molecule has 12 nitrogen and oxygen atoms in total. The maximum Gasteiger partial charge on any atom is 0.573 e. The van der Waals surface area contributed by atoms with Gasteiger partial charge in [0.25, 0.3) is 5.82 Å². The van der Waals surface area contributed by atoms with Gasteiger partial charge in [-0.05, 0) is 51.0 Å². The van der Waals surface area contributed by atoms with Gasteiger partial charge in [0, 0.05) is 37.2 Å². The standard InChI is InChI=1S/C24H22F6N10O2/c25-23(26,27)22-33-35-37-40(22)17-6-7-20(42-24(28,29)30)16(10-17)11-31-19-8-9-38(21(41)13-39-14-32-34-36-39)12-18(19)15-4-2-1-3-5-15/h1-7,10,14,18-19,31H,8-9,11-13H2/t18-,19-/m0/s1. The largest absolute Gasteiger partial charge is 0.573 e. The van der Waals surface area contributed by atoms with E-state index in [9.17, 15) is 31.1 Å². The van der Waals surface area contributed by atoms with Crippen LogP contribution in [0.1, 0.15) is 29.3 Å². The smallest absolute Gasteiger partial charge is 0.405 e. The van der Waals surface area contributed by atoms with Crippen molar-refractivity contribution in [1.29, 1.82) is 0 Å². The summed E-state index contributed by atoms with van der Waals surface area (Å²) in [7, 11) is 0. The van der Waals surface area contributed by atoms with E-state index in [0.717, 1.165) is 23.8 Å². The molecule has 1 N–H and O–H groups in total. The molecular weight excluding hydrogens is 574 g/mol. The number of benzene rings is 2. The molecule has 2 atom stereocenters. The Hall–Kier alpha value is -4.61. The van der Waals surface area contributed by atoms with E-state index in [2.05, 4.69) is 41.1 Å². The van der Waals surface area contributed by atoms with Crippen molar-refractivity contribution in [2.45, 2.75) is 44.0 Å². The second-order valence-corrected chi connectivity index (χ2v) is 9.39. The Kier molecular flexibility index (Phi) is 8.06. The van der Waals surface area contributed by atoms with E-state index < -0.39 is 24.1 Å². The van der Waals surface area contributed by atoms with E-state index in [0.29, 0.717) is 24.2 Å². The van der Waals surface area contributed by atoms with Gasteiger partial charge in [-0.2, -0.15) is 17.9 Å². The molecule has 1 aliphatic heterocycles. The predicted molar refractivity (Wildman–Crippen MR) is 130 cm³/mol. The van der Waals surface area contributed by atoms with Crippen molar-refractivity contribution < 1.29 is 35.9 Å². The van der Waals surface area contributed by atoms with E-state index in [1.807, 2.05) is 30.3 Å². The van der Waals surface area contributed by atoms with Crippen molar-refractivity contribution in [3.8, 4) is 11.4 Å². The quantitative estimate of drug-likeness (QED) is 0.306. The fraction of sp³-hybridized carbons (Fsp3) is 0.375. The van der Waals surface area contributed by atoms with Crippen LogP contribution in [0.15, 0.2) is 54.9 Å². The number of tetrazole rings is 2. The van der Waals surface area contributed by atoms with Gasteiger partial charge in [0.05, 0.1) is 5.69 Å². The van der Waals surface area contributed by atoms with Gasteiger partial charge >= 0.3 is 12.5 Å². The minimum atomic E-state index is -5.04. The van der Waals surface area contributed by atoms with Gasteiger partial charge in [-0.1, -0.05) is 30.3 Å². The molecular formula is C24H22F6N10O2. The van der Waals surface area contributed by atoms with Crippen LogP contribution in [0.3, 0.4) is 0 Å². The molecule has 222 valence electrons. The Morgan fingerprint density at radius 2 is 1.81 bits per heavy atom. The summed E-state index contributed by atoms with van der Waals surface area (Å²) in [6, 6.07) is 11.9. The van der Waals surface area contributed by atoms with Crippen LogP contribution >= 0.6 is 0 Å². The number of alkyl halides is 6. The maximum absolute atomic E-state index is 13.4. The number of ether oxygens (including phenoxy) is 1. The first kappa shape index (κ1) is 28.9. The van der Waals surface area contributed by atoms with E-state index in [-0.39, 0.29) is 42.2 Å². The first-order valence-electron chi connectivity index (χ1n) is 12.5. The van der Waals surface area contributed by atoms with Crippen LogP contribution in [0.4, 0.5) is 26.3 Å². The maximum atomic E-state index is 13.4. The molecule has 0 unspecified atom stereocenters. The summed E-state index contributed by atoms with van der Waals surface area (Å²) in [6.45, 7) is 0.380. The first-order valence-corrected chi connectivity index (χ1v) is 12.5. The van der Waals surface area contributed by atoms with E-state index in [4.69, 9.17) is 0 Å². The summed E-state index contributed by atoms with van der Waals surface area (Å²) in [5.41, 5.74) is 0.609. The third-order valence-corrected chi connectivity index (χ3v) is 6.67. The molecule has 1 fully saturated rings. The Morgan fingerprint density at radius 3 is 2.50 bits per heavy atom. The van der Waals surface area contributed by atoms with Crippen molar-refractivity contribution >= 4 is 5.91 Å². The summed E-state index contributed by atoms with van der Waals surface area (Å²) in [4.78, 5) is 14.6. The SMILES string of the molecule is O=C(Cn1cnnn1)N1CC[C@H](NCc2cc(-n3nnnc3C(F)(F)F)ccc2OC(F)(F)F)[C@H](c2ccccc2)C1. The zero-order chi connectivity index (χ0) is 29.9. The summed E-state index contributed by atoms with van der Waals surface area (Å²) >= 11 is 0. The summed E-state index contributed by atoms with van der Waals surface area (Å²) in [5.74, 6) is -2.50. The molecule has 3 heterocycles. The lowest BCUT2D eigenvalue weighted by Crippen LogP contribution is -2.50. The predicted octanol–water partition coefficient (Wildman–Crippen LogP) is 2.74. The summed E-state index contributed by atoms with van der Waals surface area (Å²) in [6.07, 6.45) is -8.19. The highest BCUT2D eigenvalue weighted by Gasteiger charge is 2.39. The highest BCUT2D eigenvalue weighted by molar-refractivity contribution is 5.76. The van der Waals surface area contributed by atoms with Crippen LogP contribution in [-0.2, 0) is 24.1 Å². The van der Waals surface area contributed by atoms with E-state index in [1.54, 1.807) is 4.90 Å². The van der Waals surface area contributed by atoms with Gasteiger partial charge < -0.3 is 15.0 Å². The average molecular weight is 596 g/mol. The molecule has 5 rings (SSSR count). The number of carbonyl (C=O) groups excluding carboxylic acids is 1. The summed E-state index contributed by atoms with van der Waals surface area (Å²) < 4.78 is 85.5. The monoisotopic (exact) mass is 596 g/mol. The zero-order valence-corrected chi connectivity index (χ0v) is 21.5. The molecule has 0 aliphatic carbocycles. The van der Waals surface area contributed by atoms with Crippen LogP contribution < -0.4 is 10.1 Å². The van der Waals surface area contributed by atoms with E-state index >= 15 is 0 Å². The topological polar surface area (TPSA) is 129 Å². The number of aromatic nitrogens is 8. The molecule has 0 spiro atoms. The van der Waals surface area contributed by atoms with Gasteiger partial charge in [-0.25, -0.2) is 4.68 Å². The lowest BCUT2D eigenvalue weighted by Gasteiger charge is -2.39. The fourth-order valence-corrected chi connectivity index (χ4v) is 4.79. The number of likely N-dealkylation sites (tertiary alicyclic amines) is 1. The van der Waals surface area contributed by atoms with Crippen molar-refractivity contribution in [1.82, 2.24) is 50.6 Å². The van der Waals surface area contributed by atoms with Crippen LogP contribution in [0.5, 0.6) is 5.75 Å². The van der Waals surface area contributed by atoms with Crippen LogP contribution in [0.25, 0.3) is 5.69 Å². The Labute approximate surface area is 233 Å². The van der Waals surface area contributed by atoms with Crippen LogP contribution in [-0.4, -0.2) is 76.7 Å². The first-order chi connectivity index (χ1) is 20.0. The number of halogens is 6. The number of hydrogen-bond acceptors (Lipinski definition) is 9. The number of piperidine rings is 1. The van der Waals surface area contributed by atoms with Crippen molar-refractivity contribution in [3.63, 3.8) is 0 Å². The fourth-order valence-electron chi connectivity index (χ4n) is 4.79. The third-order valence-electron chi connectivity index (χ3n) is 6.67. The van der Waals surface area contributed by atoms with Crippen LogP contribution in [0, 0.1) is 0 Å². The van der Waals surface area contributed by atoms with Gasteiger partial charge in [0.2, 0.25) is 5.91 Å². The highest BCUT2D eigenvalue weighted by Crippen LogP contribution is 2.33. The lowest BCUT2D eigenvalue weighted by molar-refractivity contribution is -0.274. The van der Waals surface area contributed by atoms with Gasteiger partial charge in [-0.3, -0.25) is 4.79 Å². The number of rotatable bonds is 8. The molecule has 4 aromatic rings. The number of carbonyl (C=O) groups is 1. The van der Waals surface area contributed by atoms with Gasteiger partial charge in [0.1, 0.15) is 18.6 Å².